The molecule has 7 nitrogen and oxygen atoms in total. The van der Waals surface area contributed by atoms with Crippen LogP contribution in [0.1, 0.15) is 65.2 Å². The summed E-state index contributed by atoms with van der Waals surface area (Å²) in [5.41, 5.74) is 2.18. The standard InChI is InChI=1S/C12H18O4.C10H14O3/c1-2-14-11(13)9-10-3-5-12(6-4-10)15-7-8-16-12;1-2-13-10(12)7-8-3-5-9(11)6-4-8/h9H,2-8H2,1H3;7H,2-6H2,1H3. The van der Waals surface area contributed by atoms with Gasteiger partial charge in [0, 0.05) is 37.8 Å². The second kappa shape index (κ2) is 11.9. The molecule has 29 heavy (non-hydrogen) atoms. The summed E-state index contributed by atoms with van der Waals surface area (Å²) < 4.78 is 20.9. The number of allylic oxidation sites excluding steroid dienone is 2. The Balaban J connectivity index is 0.000000212. The van der Waals surface area contributed by atoms with Crippen LogP contribution in [-0.4, -0.2) is 49.9 Å². The van der Waals surface area contributed by atoms with Crippen molar-refractivity contribution in [3.05, 3.63) is 23.3 Å². The van der Waals surface area contributed by atoms with Crippen LogP contribution in [0, 0.1) is 0 Å². The number of esters is 2. The van der Waals surface area contributed by atoms with Gasteiger partial charge in [-0.1, -0.05) is 11.1 Å². The number of carbonyl (C=O) groups excluding carboxylic acids is 3. The molecule has 1 saturated heterocycles. The average Bonchev–Trinajstić information content (AvgIpc) is 3.15. The zero-order valence-corrected chi connectivity index (χ0v) is 17.5. The van der Waals surface area contributed by atoms with Crippen LogP contribution in [0.25, 0.3) is 0 Å². The Bertz CT molecular complexity index is 618. The molecule has 1 aliphatic heterocycles. The zero-order valence-electron chi connectivity index (χ0n) is 17.5. The zero-order chi connectivity index (χ0) is 21.1. The molecule has 0 atom stereocenters. The van der Waals surface area contributed by atoms with E-state index in [0.29, 0.717) is 45.1 Å². The lowest BCUT2D eigenvalue weighted by Gasteiger charge is -2.32. The van der Waals surface area contributed by atoms with Gasteiger partial charge in [0.25, 0.3) is 0 Å². The highest BCUT2D eigenvalue weighted by Gasteiger charge is 2.38. The lowest BCUT2D eigenvalue weighted by Crippen LogP contribution is -2.33. The Kier molecular flexibility index (Phi) is 9.54. The van der Waals surface area contributed by atoms with E-state index in [1.807, 2.05) is 6.92 Å². The molecule has 0 aromatic heterocycles. The quantitative estimate of drug-likeness (QED) is 0.520. The Hall–Kier alpha value is -1.99. The van der Waals surface area contributed by atoms with E-state index in [9.17, 15) is 14.4 Å². The molecule has 0 amide bonds. The third-order valence-corrected chi connectivity index (χ3v) is 5.13. The average molecular weight is 408 g/mol. The Morgan fingerprint density at radius 2 is 1.28 bits per heavy atom. The van der Waals surface area contributed by atoms with Gasteiger partial charge in [-0.05, 0) is 39.5 Å². The Morgan fingerprint density at radius 3 is 1.72 bits per heavy atom. The number of ketones is 1. The van der Waals surface area contributed by atoms with Gasteiger partial charge in [0.15, 0.2) is 5.79 Å². The van der Waals surface area contributed by atoms with E-state index in [-0.39, 0.29) is 17.7 Å². The van der Waals surface area contributed by atoms with Gasteiger partial charge in [-0.2, -0.15) is 0 Å². The number of rotatable bonds is 4. The van der Waals surface area contributed by atoms with Crippen molar-refractivity contribution in [3.63, 3.8) is 0 Å². The Morgan fingerprint density at radius 1 is 0.828 bits per heavy atom. The predicted molar refractivity (Wildman–Crippen MR) is 106 cm³/mol. The summed E-state index contributed by atoms with van der Waals surface area (Å²) in [6, 6.07) is 0. The van der Waals surface area contributed by atoms with E-state index in [0.717, 1.165) is 49.7 Å². The predicted octanol–water partition coefficient (Wildman–Crippen LogP) is 3.41. The first-order valence-corrected chi connectivity index (χ1v) is 10.5. The highest BCUT2D eigenvalue weighted by molar-refractivity contribution is 5.85. The van der Waals surface area contributed by atoms with Crippen LogP contribution < -0.4 is 0 Å². The first-order chi connectivity index (χ1) is 14.0. The molecular formula is C22H32O7. The van der Waals surface area contributed by atoms with E-state index >= 15 is 0 Å². The number of ether oxygens (including phenoxy) is 4. The summed E-state index contributed by atoms with van der Waals surface area (Å²) in [5, 5.41) is 0. The third kappa shape index (κ3) is 8.11. The molecule has 3 rings (SSSR count). The third-order valence-electron chi connectivity index (χ3n) is 5.13. The number of hydrogen-bond acceptors (Lipinski definition) is 7. The van der Waals surface area contributed by atoms with Crippen molar-refractivity contribution in [2.24, 2.45) is 0 Å². The van der Waals surface area contributed by atoms with Crippen molar-refractivity contribution in [2.45, 2.75) is 71.0 Å². The van der Waals surface area contributed by atoms with Crippen molar-refractivity contribution in [2.75, 3.05) is 26.4 Å². The maximum Gasteiger partial charge on any atom is 0.330 e. The topological polar surface area (TPSA) is 88.1 Å². The van der Waals surface area contributed by atoms with Gasteiger partial charge in [0.05, 0.1) is 26.4 Å². The molecule has 0 bridgehead atoms. The molecule has 1 heterocycles. The van der Waals surface area contributed by atoms with E-state index in [1.54, 1.807) is 13.0 Å². The largest absolute Gasteiger partial charge is 0.463 e. The minimum Gasteiger partial charge on any atom is -0.463 e. The van der Waals surface area contributed by atoms with Crippen molar-refractivity contribution >= 4 is 17.7 Å². The molecule has 1 spiro atoms. The van der Waals surface area contributed by atoms with Crippen LogP contribution in [0.3, 0.4) is 0 Å². The van der Waals surface area contributed by atoms with Crippen LogP contribution in [0.4, 0.5) is 0 Å². The van der Waals surface area contributed by atoms with Gasteiger partial charge >= 0.3 is 11.9 Å². The van der Waals surface area contributed by atoms with Gasteiger partial charge in [0.1, 0.15) is 5.78 Å². The smallest absolute Gasteiger partial charge is 0.330 e. The first kappa shape index (κ1) is 23.3. The van der Waals surface area contributed by atoms with Crippen LogP contribution in [0.2, 0.25) is 0 Å². The summed E-state index contributed by atoms with van der Waals surface area (Å²) in [4.78, 5) is 33.1. The molecule has 162 valence electrons. The second-order valence-corrected chi connectivity index (χ2v) is 7.26. The molecule has 2 aliphatic carbocycles. The van der Waals surface area contributed by atoms with Crippen LogP contribution in [0.5, 0.6) is 0 Å². The first-order valence-electron chi connectivity index (χ1n) is 10.5. The lowest BCUT2D eigenvalue weighted by molar-refractivity contribution is -0.171. The van der Waals surface area contributed by atoms with Crippen LogP contribution in [-0.2, 0) is 33.3 Å². The van der Waals surface area contributed by atoms with E-state index in [2.05, 4.69) is 0 Å². The fraction of sp³-hybridized carbons (Fsp3) is 0.682. The maximum absolute atomic E-state index is 11.3. The molecular weight excluding hydrogens is 376 g/mol. The van der Waals surface area contributed by atoms with Gasteiger partial charge in [0.2, 0.25) is 0 Å². The summed E-state index contributed by atoms with van der Waals surface area (Å²) in [5.74, 6) is -0.582. The molecule has 0 radical (unpaired) electrons. The summed E-state index contributed by atoms with van der Waals surface area (Å²) >= 11 is 0. The summed E-state index contributed by atoms with van der Waals surface area (Å²) in [6.07, 6.45) is 9.14. The van der Waals surface area contributed by atoms with Crippen molar-refractivity contribution < 1.29 is 33.3 Å². The van der Waals surface area contributed by atoms with Gasteiger partial charge < -0.3 is 18.9 Å². The molecule has 2 saturated carbocycles. The van der Waals surface area contributed by atoms with E-state index in [4.69, 9.17) is 18.9 Å². The second-order valence-electron chi connectivity index (χ2n) is 7.26. The van der Waals surface area contributed by atoms with Crippen LogP contribution in [0.15, 0.2) is 23.3 Å². The number of carbonyl (C=O) groups is 3. The molecule has 3 aliphatic rings. The number of hydrogen-bond donors (Lipinski definition) is 0. The van der Waals surface area contributed by atoms with E-state index in [1.165, 1.54) is 6.08 Å². The molecule has 0 aromatic rings. The van der Waals surface area contributed by atoms with Gasteiger partial charge in [-0.25, -0.2) is 9.59 Å². The van der Waals surface area contributed by atoms with Crippen LogP contribution >= 0.6 is 0 Å². The minimum atomic E-state index is -0.355. The minimum absolute atomic E-state index is 0.235. The number of Topliss-reactive ketones (excluding diaryl/α,β-unsaturated/α-hetero) is 1. The van der Waals surface area contributed by atoms with Crippen molar-refractivity contribution in [1.82, 2.24) is 0 Å². The Labute approximate surface area is 172 Å². The fourth-order valence-electron chi connectivity index (χ4n) is 3.58. The van der Waals surface area contributed by atoms with Gasteiger partial charge in [-0.3, -0.25) is 4.79 Å². The van der Waals surface area contributed by atoms with E-state index < -0.39 is 0 Å². The highest BCUT2D eigenvalue weighted by atomic mass is 16.7. The normalized spacial score (nSPS) is 20.6. The molecule has 0 unspecified atom stereocenters. The monoisotopic (exact) mass is 408 g/mol. The fourth-order valence-corrected chi connectivity index (χ4v) is 3.58. The summed E-state index contributed by atoms with van der Waals surface area (Å²) in [7, 11) is 0. The van der Waals surface area contributed by atoms with Crippen molar-refractivity contribution in [3.8, 4) is 0 Å². The lowest BCUT2D eigenvalue weighted by atomic mass is 9.89. The molecule has 7 heteroatoms. The molecule has 3 fully saturated rings. The highest BCUT2D eigenvalue weighted by Crippen LogP contribution is 2.37. The SMILES string of the molecule is CCOC(=O)C=C1CCC(=O)CC1.CCOC(=O)C=C1CCC2(CC1)OCCO2. The summed E-state index contributed by atoms with van der Waals surface area (Å²) in [6.45, 7) is 5.81. The molecule has 0 N–H and O–H groups in total. The van der Waals surface area contributed by atoms with Gasteiger partial charge in [-0.15, -0.1) is 0 Å². The van der Waals surface area contributed by atoms with Crippen molar-refractivity contribution in [1.29, 1.82) is 0 Å². The maximum atomic E-state index is 11.3. The molecule has 0 aromatic carbocycles.